The summed E-state index contributed by atoms with van der Waals surface area (Å²) in [7, 11) is -2.69. The van der Waals surface area contributed by atoms with Gasteiger partial charge < -0.3 is 0 Å². The van der Waals surface area contributed by atoms with Crippen molar-refractivity contribution >= 4 is 7.94 Å². The highest BCUT2D eigenvalue weighted by Gasteiger charge is 2.43. The van der Waals surface area contributed by atoms with Crippen molar-refractivity contribution in [3.63, 3.8) is 0 Å². The summed E-state index contributed by atoms with van der Waals surface area (Å²) in [5.74, 6) is 0. The van der Waals surface area contributed by atoms with Gasteiger partial charge in [-0.3, -0.25) is 0 Å². The van der Waals surface area contributed by atoms with Gasteiger partial charge >= 0.3 is 7.94 Å². The maximum absolute atomic E-state index is 9.85. The quantitative estimate of drug-likeness (QED) is 0.710. The van der Waals surface area contributed by atoms with Crippen LogP contribution in [-0.4, -0.2) is 22.8 Å². The van der Waals surface area contributed by atoms with Crippen LogP contribution in [0.4, 0.5) is 0 Å². The third-order valence-corrected chi connectivity index (χ3v) is 2.66. The minimum Gasteiger partial charge on any atom is -0.193 e. The number of hydrogen-bond acceptors (Lipinski definition) is 3. The lowest BCUT2D eigenvalue weighted by atomic mass is 10.2. The molecule has 3 nitrogen and oxygen atoms in total. The molecule has 0 aliphatic heterocycles. The Bertz CT molecular complexity index is 147. The van der Waals surface area contributed by atoms with Crippen LogP contribution in [0.25, 0.3) is 0 Å². The smallest absolute Gasteiger partial charge is 0.193 e. The standard InChI is InChI=1S/C9H22O3P/c1-8(2,3)11-13(7,10)12-9(4,5)6/h10H,1-7H3/q+1. The Morgan fingerprint density at radius 2 is 1.08 bits per heavy atom. The fraction of sp³-hybridized carbons (Fsp3) is 1.00. The van der Waals surface area contributed by atoms with Gasteiger partial charge in [-0.1, -0.05) is 0 Å². The van der Waals surface area contributed by atoms with Crippen molar-refractivity contribution in [1.82, 2.24) is 0 Å². The molecule has 0 fully saturated rings. The normalized spacial score (nSPS) is 14.8. The topological polar surface area (TPSA) is 38.7 Å². The van der Waals surface area contributed by atoms with Crippen molar-refractivity contribution in [3.05, 3.63) is 0 Å². The first kappa shape index (κ1) is 13.3. The molecule has 0 atom stereocenters. The van der Waals surface area contributed by atoms with E-state index >= 15 is 0 Å². The highest BCUT2D eigenvalue weighted by Crippen LogP contribution is 2.58. The van der Waals surface area contributed by atoms with Crippen molar-refractivity contribution in [2.45, 2.75) is 52.7 Å². The van der Waals surface area contributed by atoms with Crippen LogP contribution in [0.5, 0.6) is 0 Å². The molecular formula is C9H22O3P+. The second-order valence-corrected chi connectivity index (χ2v) is 7.18. The van der Waals surface area contributed by atoms with Crippen LogP contribution in [0, 0.1) is 0 Å². The van der Waals surface area contributed by atoms with Gasteiger partial charge in [-0.15, -0.1) is 0 Å². The van der Waals surface area contributed by atoms with E-state index in [-0.39, 0.29) is 11.2 Å². The molecule has 0 aliphatic carbocycles. The summed E-state index contributed by atoms with van der Waals surface area (Å²) in [4.78, 5) is 9.85. The molecule has 0 spiro atoms. The highest BCUT2D eigenvalue weighted by molar-refractivity contribution is 7.59. The third kappa shape index (κ3) is 8.63. The average molecular weight is 209 g/mol. The van der Waals surface area contributed by atoms with Gasteiger partial charge in [0, 0.05) is 0 Å². The van der Waals surface area contributed by atoms with Gasteiger partial charge in [-0.25, -0.2) is 0 Å². The average Bonchev–Trinajstić information content (AvgIpc) is 1.43. The summed E-state index contributed by atoms with van der Waals surface area (Å²) in [6.07, 6.45) is 0. The first-order chi connectivity index (χ1) is 5.41. The van der Waals surface area contributed by atoms with Crippen molar-refractivity contribution < 1.29 is 13.9 Å². The van der Waals surface area contributed by atoms with E-state index < -0.39 is 7.94 Å². The first-order valence-corrected chi connectivity index (χ1v) is 6.45. The predicted molar refractivity (Wildman–Crippen MR) is 56.7 cm³/mol. The Morgan fingerprint density at radius 3 is 1.23 bits per heavy atom. The van der Waals surface area contributed by atoms with Crippen LogP contribution in [-0.2, 0) is 9.05 Å². The molecule has 0 aromatic carbocycles. The molecule has 0 rings (SSSR count). The minimum absolute atomic E-state index is 0.372. The van der Waals surface area contributed by atoms with Crippen molar-refractivity contribution in [2.75, 3.05) is 6.66 Å². The molecular weight excluding hydrogens is 187 g/mol. The summed E-state index contributed by atoms with van der Waals surface area (Å²) >= 11 is 0. The second kappa shape index (κ2) is 3.82. The van der Waals surface area contributed by atoms with E-state index in [0.29, 0.717) is 0 Å². The Balaban J connectivity index is 4.25. The first-order valence-electron chi connectivity index (χ1n) is 4.42. The molecule has 0 unspecified atom stereocenters. The zero-order valence-corrected chi connectivity index (χ0v) is 10.6. The molecule has 0 bridgehead atoms. The van der Waals surface area contributed by atoms with Crippen LogP contribution in [0.3, 0.4) is 0 Å². The lowest BCUT2D eigenvalue weighted by Gasteiger charge is -2.26. The maximum Gasteiger partial charge on any atom is 0.406 e. The minimum atomic E-state index is -2.69. The molecule has 4 heteroatoms. The summed E-state index contributed by atoms with van der Waals surface area (Å²) < 4.78 is 10.9. The molecule has 0 aromatic rings. The molecule has 0 heterocycles. The molecule has 80 valence electrons. The molecule has 0 saturated heterocycles. The molecule has 1 N–H and O–H groups in total. The van der Waals surface area contributed by atoms with Gasteiger partial charge in [-0.2, -0.15) is 13.9 Å². The van der Waals surface area contributed by atoms with Gasteiger partial charge in [0.1, 0.15) is 17.9 Å². The molecule has 13 heavy (non-hydrogen) atoms. The lowest BCUT2D eigenvalue weighted by Crippen LogP contribution is -2.25. The zero-order chi connectivity index (χ0) is 10.9. The van der Waals surface area contributed by atoms with E-state index in [9.17, 15) is 4.89 Å². The van der Waals surface area contributed by atoms with Crippen molar-refractivity contribution in [2.24, 2.45) is 0 Å². The summed E-state index contributed by atoms with van der Waals surface area (Å²) in [6, 6.07) is 0. The molecule has 0 aliphatic rings. The highest BCUT2D eigenvalue weighted by atomic mass is 31.2. The van der Waals surface area contributed by atoms with Gasteiger partial charge in [0.15, 0.2) is 0 Å². The maximum atomic E-state index is 9.85. The van der Waals surface area contributed by atoms with Crippen LogP contribution in [0.1, 0.15) is 41.5 Å². The van der Waals surface area contributed by atoms with Crippen LogP contribution < -0.4 is 0 Å². The molecule has 0 radical (unpaired) electrons. The third-order valence-electron chi connectivity index (χ3n) is 0.886. The van der Waals surface area contributed by atoms with E-state index in [2.05, 4.69) is 0 Å². The largest absolute Gasteiger partial charge is 0.406 e. The van der Waals surface area contributed by atoms with Gasteiger partial charge in [-0.05, 0) is 41.5 Å². The van der Waals surface area contributed by atoms with Crippen molar-refractivity contribution in [1.29, 1.82) is 0 Å². The molecule has 0 amide bonds. The van der Waals surface area contributed by atoms with Crippen LogP contribution >= 0.6 is 7.94 Å². The lowest BCUT2D eigenvalue weighted by molar-refractivity contribution is 0.0341. The van der Waals surface area contributed by atoms with Crippen LogP contribution in [0.2, 0.25) is 0 Å². The fourth-order valence-corrected chi connectivity index (χ4v) is 3.10. The predicted octanol–water partition coefficient (Wildman–Crippen LogP) is 3.00. The fourth-order valence-electron chi connectivity index (χ4n) is 1.03. The monoisotopic (exact) mass is 209 g/mol. The van der Waals surface area contributed by atoms with E-state index in [4.69, 9.17) is 9.05 Å². The number of rotatable bonds is 2. The SMILES string of the molecule is CC(C)(C)O[P+](C)(O)OC(C)(C)C. The van der Waals surface area contributed by atoms with Crippen molar-refractivity contribution in [3.8, 4) is 0 Å². The number of hydrogen-bond donors (Lipinski definition) is 1. The van der Waals surface area contributed by atoms with E-state index in [0.717, 1.165) is 0 Å². The molecule has 0 saturated carbocycles. The summed E-state index contributed by atoms with van der Waals surface area (Å²) in [5.41, 5.74) is -0.745. The summed E-state index contributed by atoms with van der Waals surface area (Å²) in [5, 5.41) is 0. The van der Waals surface area contributed by atoms with Gasteiger partial charge in [0.05, 0.1) is 0 Å². The van der Waals surface area contributed by atoms with Crippen LogP contribution in [0.15, 0.2) is 0 Å². The molecule has 0 aromatic heterocycles. The Hall–Kier alpha value is 0.310. The van der Waals surface area contributed by atoms with E-state index in [1.54, 1.807) is 6.66 Å². The second-order valence-electron chi connectivity index (χ2n) is 5.21. The van der Waals surface area contributed by atoms with E-state index in [1.165, 1.54) is 0 Å². The van der Waals surface area contributed by atoms with E-state index in [1.807, 2.05) is 41.5 Å². The Morgan fingerprint density at radius 1 is 0.846 bits per heavy atom. The van der Waals surface area contributed by atoms with Gasteiger partial charge in [0.2, 0.25) is 0 Å². The van der Waals surface area contributed by atoms with Gasteiger partial charge in [0.25, 0.3) is 0 Å². The Labute approximate surface area is 82.0 Å². The summed E-state index contributed by atoms with van der Waals surface area (Å²) in [6.45, 7) is 13.0. The zero-order valence-electron chi connectivity index (χ0n) is 9.71. The Kier molecular flexibility index (Phi) is 3.91.